The second-order valence-electron chi connectivity index (χ2n) is 4.18. The Morgan fingerprint density at radius 1 is 1.17 bits per heavy atom. The minimum Gasteiger partial charge on any atom is -0.424 e. The zero-order chi connectivity index (χ0) is 13.5. The van der Waals surface area contributed by atoms with Gasteiger partial charge < -0.3 is 9.32 Å². The van der Waals surface area contributed by atoms with E-state index in [0.29, 0.717) is 24.9 Å². The van der Waals surface area contributed by atoms with Crippen molar-refractivity contribution in [2.45, 2.75) is 33.7 Å². The van der Waals surface area contributed by atoms with Crippen LogP contribution in [-0.4, -0.2) is 52.6 Å². The number of hydrogen-bond donors (Lipinski definition) is 0. The molecule has 0 aromatic carbocycles. The van der Waals surface area contributed by atoms with Crippen LogP contribution in [0.1, 0.15) is 32.6 Å². The van der Waals surface area contributed by atoms with E-state index in [4.69, 9.17) is 4.42 Å². The van der Waals surface area contributed by atoms with Crippen LogP contribution in [-0.2, 0) is 17.8 Å². The highest BCUT2D eigenvalue weighted by Crippen LogP contribution is 2.03. The highest BCUT2D eigenvalue weighted by molar-refractivity contribution is 5.78. The summed E-state index contributed by atoms with van der Waals surface area (Å²) in [7, 11) is 1.87. The molecule has 0 atom stereocenters. The third-order valence-corrected chi connectivity index (χ3v) is 2.74. The number of nitrogens with zero attached hydrogens (tertiary/aromatic N) is 4. The van der Waals surface area contributed by atoms with Crippen LogP contribution in [0.15, 0.2) is 4.42 Å². The van der Waals surface area contributed by atoms with Gasteiger partial charge in [-0.15, -0.1) is 10.2 Å². The molecule has 0 aliphatic rings. The third-order valence-electron chi connectivity index (χ3n) is 2.74. The standard InChI is InChI=1S/C12H22N4O2/c1-5-10-13-14-11(18-10)8-15(4)9-12(17)16(6-2)7-3/h5-9H2,1-4H3. The average Bonchev–Trinajstić information content (AvgIpc) is 2.78. The van der Waals surface area contributed by atoms with Crippen LogP contribution < -0.4 is 0 Å². The second-order valence-corrected chi connectivity index (χ2v) is 4.18. The van der Waals surface area contributed by atoms with Crippen molar-refractivity contribution in [3.63, 3.8) is 0 Å². The molecule has 1 aromatic rings. The fraction of sp³-hybridized carbons (Fsp3) is 0.750. The summed E-state index contributed by atoms with van der Waals surface area (Å²) in [6.07, 6.45) is 0.731. The maximum absolute atomic E-state index is 11.9. The predicted octanol–water partition coefficient (Wildman–Crippen LogP) is 0.932. The van der Waals surface area contributed by atoms with Crippen molar-refractivity contribution in [3.05, 3.63) is 11.8 Å². The summed E-state index contributed by atoms with van der Waals surface area (Å²) in [6.45, 7) is 8.27. The van der Waals surface area contributed by atoms with Gasteiger partial charge in [-0.05, 0) is 20.9 Å². The second kappa shape index (κ2) is 7.10. The molecule has 0 N–H and O–H groups in total. The molecule has 102 valence electrons. The lowest BCUT2D eigenvalue weighted by Crippen LogP contribution is -2.38. The van der Waals surface area contributed by atoms with Crippen molar-refractivity contribution < 1.29 is 9.21 Å². The fourth-order valence-corrected chi connectivity index (χ4v) is 1.69. The summed E-state index contributed by atoms with van der Waals surface area (Å²) in [5.74, 6) is 1.31. The molecule has 1 amide bonds. The molecule has 0 spiro atoms. The predicted molar refractivity (Wildman–Crippen MR) is 67.9 cm³/mol. The van der Waals surface area contributed by atoms with Crippen LogP contribution in [0.5, 0.6) is 0 Å². The smallest absolute Gasteiger partial charge is 0.236 e. The van der Waals surface area contributed by atoms with Crippen molar-refractivity contribution in [3.8, 4) is 0 Å². The number of hydrogen-bond acceptors (Lipinski definition) is 5. The van der Waals surface area contributed by atoms with Gasteiger partial charge in [-0.3, -0.25) is 9.69 Å². The Labute approximate surface area is 108 Å². The van der Waals surface area contributed by atoms with Crippen molar-refractivity contribution in [1.82, 2.24) is 20.0 Å². The van der Waals surface area contributed by atoms with Crippen molar-refractivity contribution in [1.29, 1.82) is 0 Å². The van der Waals surface area contributed by atoms with Crippen LogP contribution in [0.3, 0.4) is 0 Å². The largest absolute Gasteiger partial charge is 0.424 e. The lowest BCUT2D eigenvalue weighted by Gasteiger charge is -2.22. The van der Waals surface area contributed by atoms with Gasteiger partial charge in [0.2, 0.25) is 17.7 Å². The van der Waals surface area contributed by atoms with E-state index in [2.05, 4.69) is 10.2 Å². The summed E-state index contributed by atoms with van der Waals surface area (Å²) in [5, 5.41) is 7.83. The van der Waals surface area contributed by atoms with Gasteiger partial charge in [-0.1, -0.05) is 6.92 Å². The van der Waals surface area contributed by atoms with Gasteiger partial charge in [-0.25, -0.2) is 0 Å². The first kappa shape index (κ1) is 14.6. The number of amides is 1. The van der Waals surface area contributed by atoms with E-state index in [-0.39, 0.29) is 5.91 Å². The molecular formula is C12H22N4O2. The lowest BCUT2D eigenvalue weighted by atomic mass is 10.4. The van der Waals surface area contributed by atoms with Crippen LogP contribution >= 0.6 is 0 Å². The number of likely N-dealkylation sites (N-methyl/N-ethyl adjacent to an activating group) is 2. The first-order valence-corrected chi connectivity index (χ1v) is 6.38. The molecule has 0 saturated carbocycles. The summed E-state index contributed by atoms with van der Waals surface area (Å²) in [4.78, 5) is 15.6. The van der Waals surface area contributed by atoms with Crippen molar-refractivity contribution in [2.75, 3.05) is 26.7 Å². The fourth-order valence-electron chi connectivity index (χ4n) is 1.69. The van der Waals surface area contributed by atoms with Crippen LogP contribution in [0.2, 0.25) is 0 Å². The van der Waals surface area contributed by atoms with Gasteiger partial charge in [0.05, 0.1) is 13.1 Å². The normalized spacial score (nSPS) is 10.9. The van der Waals surface area contributed by atoms with Crippen LogP contribution in [0.4, 0.5) is 0 Å². The Hall–Kier alpha value is -1.43. The summed E-state index contributed by atoms with van der Waals surface area (Å²) < 4.78 is 5.41. The highest BCUT2D eigenvalue weighted by atomic mass is 16.4. The van der Waals surface area contributed by atoms with E-state index in [1.807, 2.05) is 37.6 Å². The lowest BCUT2D eigenvalue weighted by molar-refractivity contribution is -0.131. The summed E-state index contributed by atoms with van der Waals surface area (Å²) in [6, 6.07) is 0. The van der Waals surface area contributed by atoms with Gasteiger partial charge in [0.1, 0.15) is 0 Å². The van der Waals surface area contributed by atoms with E-state index in [0.717, 1.165) is 19.5 Å². The Balaban J connectivity index is 2.45. The molecule has 0 fully saturated rings. The monoisotopic (exact) mass is 254 g/mol. The van der Waals surface area contributed by atoms with E-state index >= 15 is 0 Å². The number of carbonyl (C=O) groups is 1. The molecule has 0 aliphatic carbocycles. The maximum atomic E-state index is 11.9. The van der Waals surface area contributed by atoms with Crippen LogP contribution in [0.25, 0.3) is 0 Å². The molecule has 1 aromatic heterocycles. The minimum atomic E-state index is 0.123. The Bertz CT molecular complexity index is 374. The molecule has 0 radical (unpaired) electrons. The zero-order valence-electron chi connectivity index (χ0n) is 11.6. The molecular weight excluding hydrogens is 232 g/mol. The van der Waals surface area contributed by atoms with Gasteiger partial charge in [0, 0.05) is 19.5 Å². The average molecular weight is 254 g/mol. The maximum Gasteiger partial charge on any atom is 0.236 e. The molecule has 1 rings (SSSR count). The Morgan fingerprint density at radius 3 is 2.28 bits per heavy atom. The number of aryl methyl sites for hydroxylation is 1. The molecule has 6 nitrogen and oxygen atoms in total. The van der Waals surface area contributed by atoms with Gasteiger partial charge in [0.15, 0.2) is 0 Å². The topological polar surface area (TPSA) is 62.5 Å². The molecule has 0 bridgehead atoms. The minimum absolute atomic E-state index is 0.123. The van der Waals surface area contributed by atoms with Gasteiger partial charge in [-0.2, -0.15) is 0 Å². The van der Waals surface area contributed by atoms with Gasteiger partial charge >= 0.3 is 0 Å². The molecule has 18 heavy (non-hydrogen) atoms. The highest BCUT2D eigenvalue weighted by Gasteiger charge is 2.14. The van der Waals surface area contributed by atoms with E-state index in [1.165, 1.54) is 0 Å². The first-order chi connectivity index (χ1) is 8.60. The molecule has 0 saturated heterocycles. The quantitative estimate of drug-likeness (QED) is 0.724. The van der Waals surface area contributed by atoms with E-state index in [1.54, 1.807) is 0 Å². The molecule has 0 unspecified atom stereocenters. The molecule has 0 aliphatic heterocycles. The number of aromatic nitrogens is 2. The third kappa shape index (κ3) is 4.10. The first-order valence-electron chi connectivity index (χ1n) is 6.38. The van der Waals surface area contributed by atoms with Crippen LogP contribution in [0, 0.1) is 0 Å². The van der Waals surface area contributed by atoms with E-state index < -0.39 is 0 Å². The van der Waals surface area contributed by atoms with E-state index in [9.17, 15) is 4.79 Å². The summed E-state index contributed by atoms with van der Waals surface area (Å²) in [5.41, 5.74) is 0. The van der Waals surface area contributed by atoms with Crippen molar-refractivity contribution >= 4 is 5.91 Å². The SMILES string of the molecule is CCc1nnc(CN(C)CC(=O)N(CC)CC)o1. The summed E-state index contributed by atoms with van der Waals surface area (Å²) >= 11 is 0. The number of rotatable bonds is 7. The van der Waals surface area contributed by atoms with Crippen molar-refractivity contribution in [2.24, 2.45) is 0 Å². The molecule has 6 heteroatoms. The Morgan fingerprint density at radius 2 is 1.78 bits per heavy atom. The zero-order valence-corrected chi connectivity index (χ0v) is 11.6. The molecule has 1 heterocycles. The number of carbonyl (C=O) groups excluding carboxylic acids is 1. The van der Waals surface area contributed by atoms with Gasteiger partial charge in [0.25, 0.3) is 0 Å². The Kier molecular flexibility index (Phi) is 5.77.